The number of amides is 2. The predicted molar refractivity (Wildman–Crippen MR) is 70.8 cm³/mol. The molecule has 1 unspecified atom stereocenters. The molecule has 2 rings (SSSR count). The molecule has 0 aromatic carbocycles. The van der Waals surface area contributed by atoms with E-state index >= 15 is 0 Å². The lowest BCUT2D eigenvalue weighted by molar-refractivity contribution is -0.146. The van der Waals surface area contributed by atoms with E-state index in [1.54, 1.807) is 4.90 Å². The van der Waals surface area contributed by atoms with E-state index in [-0.39, 0.29) is 12.1 Å². The molecule has 0 aromatic rings. The molecule has 1 aliphatic carbocycles. The number of carbonyl (C=O) groups excluding carboxylic acids is 1. The van der Waals surface area contributed by atoms with E-state index in [4.69, 9.17) is 5.73 Å². The third-order valence-electron chi connectivity index (χ3n) is 4.21. The Morgan fingerprint density at radius 2 is 1.89 bits per heavy atom. The average Bonchev–Trinajstić information content (AvgIpc) is 2.39. The summed E-state index contributed by atoms with van der Waals surface area (Å²) in [4.78, 5) is 25.4. The molecular formula is C13H23N3O3. The number of nitrogens with two attached hydrogens (primary N) is 1. The Kier molecular flexibility index (Phi) is 4.29. The summed E-state index contributed by atoms with van der Waals surface area (Å²) in [5.74, 6) is -0.915. The van der Waals surface area contributed by atoms with Gasteiger partial charge in [-0.2, -0.15) is 0 Å². The molecule has 108 valence electrons. The van der Waals surface area contributed by atoms with Crippen LogP contribution in [0, 0.1) is 0 Å². The van der Waals surface area contributed by atoms with Crippen molar-refractivity contribution in [2.45, 2.75) is 56.5 Å². The summed E-state index contributed by atoms with van der Waals surface area (Å²) in [6.45, 7) is 1.18. The first-order valence-electron chi connectivity index (χ1n) is 7.09. The second kappa shape index (κ2) is 5.77. The lowest BCUT2D eigenvalue weighted by atomic mass is 9.82. The SMILES string of the molecule is NC1CCCN(C(=O)NC2(C(=O)O)CCCCC2)C1. The Balaban J connectivity index is 2.00. The van der Waals surface area contributed by atoms with Crippen LogP contribution in [0.5, 0.6) is 0 Å². The molecule has 6 nitrogen and oxygen atoms in total. The maximum atomic E-state index is 12.2. The monoisotopic (exact) mass is 269 g/mol. The Morgan fingerprint density at radius 1 is 1.21 bits per heavy atom. The highest BCUT2D eigenvalue weighted by molar-refractivity contribution is 5.86. The number of nitrogens with zero attached hydrogens (tertiary/aromatic N) is 1. The number of hydrogen-bond acceptors (Lipinski definition) is 3. The van der Waals surface area contributed by atoms with Crippen molar-refractivity contribution in [2.75, 3.05) is 13.1 Å². The van der Waals surface area contributed by atoms with E-state index < -0.39 is 11.5 Å². The predicted octanol–water partition coefficient (Wildman–Crippen LogP) is 0.907. The normalized spacial score (nSPS) is 26.8. The van der Waals surface area contributed by atoms with Crippen molar-refractivity contribution in [1.29, 1.82) is 0 Å². The molecule has 2 fully saturated rings. The molecule has 1 aliphatic heterocycles. The van der Waals surface area contributed by atoms with E-state index in [2.05, 4.69) is 5.32 Å². The van der Waals surface area contributed by atoms with Crippen molar-refractivity contribution >= 4 is 12.0 Å². The minimum absolute atomic E-state index is 0.00614. The van der Waals surface area contributed by atoms with Gasteiger partial charge in [-0.1, -0.05) is 19.3 Å². The van der Waals surface area contributed by atoms with E-state index in [9.17, 15) is 14.7 Å². The minimum atomic E-state index is -1.07. The Morgan fingerprint density at radius 3 is 2.47 bits per heavy atom. The molecule has 6 heteroatoms. The van der Waals surface area contributed by atoms with Gasteiger partial charge < -0.3 is 21.1 Å². The highest BCUT2D eigenvalue weighted by Gasteiger charge is 2.42. The summed E-state index contributed by atoms with van der Waals surface area (Å²) in [6.07, 6.45) is 5.60. The van der Waals surface area contributed by atoms with Crippen molar-refractivity contribution in [2.24, 2.45) is 5.73 Å². The summed E-state index contributed by atoms with van der Waals surface area (Å²) >= 11 is 0. The van der Waals surface area contributed by atoms with Crippen molar-refractivity contribution in [1.82, 2.24) is 10.2 Å². The van der Waals surface area contributed by atoms with Crippen LogP contribution in [0.2, 0.25) is 0 Å². The lowest BCUT2D eigenvalue weighted by Gasteiger charge is -2.38. The van der Waals surface area contributed by atoms with Crippen LogP contribution in [-0.2, 0) is 4.79 Å². The standard InChI is InChI=1S/C13H23N3O3/c14-10-5-4-8-16(9-10)12(19)15-13(11(17)18)6-2-1-3-7-13/h10H,1-9,14H2,(H,15,19)(H,17,18). The number of aliphatic carboxylic acids is 1. The van der Waals surface area contributed by atoms with Crippen LogP contribution in [0.15, 0.2) is 0 Å². The zero-order valence-electron chi connectivity index (χ0n) is 11.2. The summed E-state index contributed by atoms with van der Waals surface area (Å²) < 4.78 is 0. The summed E-state index contributed by atoms with van der Waals surface area (Å²) in [7, 11) is 0. The molecule has 0 aromatic heterocycles. The van der Waals surface area contributed by atoms with Crippen molar-refractivity contribution < 1.29 is 14.7 Å². The Bertz CT molecular complexity index is 353. The van der Waals surface area contributed by atoms with Gasteiger partial charge in [-0.25, -0.2) is 9.59 Å². The molecule has 1 heterocycles. The van der Waals surface area contributed by atoms with Gasteiger partial charge in [0, 0.05) is 19.1 Å². The average molecular weight is 269 g/mol. The first-order chi connectivity index (χ1) is 9.03. The van der Waals surface area contributed by atoms with Gasteiger partial charge in [0.25, 0.3) is 0 Å². The molecule has 4 N–H and O–H groups in total. The van der Waals surface area contributed by atoms with Crippen LogP contribution in [0.4, 0.5) is 4.79 Å². The first kappa shape index (κ1) is 14.1. The number of piperidine rings is 1. The lowest BCUT2D eigenvalue weighted by Crippen LogP contribution is -2.60. The molecule has 1 atom stereocenters. The van der Waals surface area contributed by atoms with Crippen LogP contribution in [-0.4, -0.2) is 46.7 Å². The van der Waals surface area contributed by atoms with E-state index in [0.29, 0.717) is 25.9 Å². The number of hydrogen-bond donors (Lipinski definition) is 3. The highest BCUT2D eigenvalue weighted by atomic mass is 16.4. The van der Waals surface area contributed by atoms with Crippen LogP contribution in [0.1, 0.15) is 44.9 Å². The van der Waals surface area contributed by atoms with Gasteiger partial charge in [-0.15, -0.1) is 0 Å². The number of likely N-dealkylation sites (tertiary alicyclic amines) is 1. The molecule has 19 heavy (non-hydrogen) atoms. The van der Waals surface area contributed by atoms with Crippen LogP contribution >= 0.6 is 0 Å². The number of carboxylic acids is 1. The Hall–Kier alpha value is -1.30. The van der Waals surface area contributed by atoms with Crippen LogP contribution in [0.3, 0.4) is 0 Å². The van der Waals surface area contributed by atoms with Gasteiger partial charge in [0.15, 0.2) is 0 Å². The van der Waals surface area contributed by atoms with Gasteiger partial charge in [0.1, 0.15) is 5.54 Å². The number of nitrogens with one attached hydrogen (secondary N) is 1. The smallest absolute Gasteiger partial charge is 0.329 e. The topological polar surface area (TPSA) is 95.7 Å². The largest absolute Gasteiger partial charge is 0.480 e. The summed E-state index contributed by atoms with van der Waals surface area (Å²) in [5, 5.41) is 12.2. The minimum Gasteiger partial charge on any atom is -0.480 e. The molecule has 1 saturated heterocycles. The second-order valence-electron chi connectivity index (χ2n) is 5.73. The quantitative estimate of drug-likeness (QED) is 0.694. The number of carboxylic acid groups (broad SMARTS) is 1. The molecule has 0 bridgehead atoms. The van der Waals surface area contributed by atoms with Crippen molar-refractivity contribution in [3.63, 3.8) is 0 Å². The van der Waals surface area contributed by atoms with Crippen LogP contribution < -0.4 is 11.1 Å². The zero-order chi connectivity index (χ0) is 13.9. The fourth-order valence-corrected chi connectivity index (χ4v) is 3.03. The Labute approximate surface area is 113 Å². The molecule has 2 amide bonds. The zero-order valence-corrected chi connectivity index (χ0v) is 11.2. The van der Waals surface area contributed by atoms with Gasteiger partial charge in [-0.05, 0) is 25.7 Å². The van der Waals surface area contributed by atoms with E-state index in [1.165, 1.54) is 0 Å². The van der Waals surface area contributed by atoms with Gasteiger partial charge >= 0.3 is 12.0 Å². The maximum absolute atomic E-state index is 12.2. The maximum Gasteiger partial charge on any atom is 0.329 e. The third-order valence-corrected chi connectivity index (χ3v) is 4.21. The van der Waals surface area contributed by atoms with E-state index in [1.807, 2.05) is 0 Å². The molecule has 0 spiro atoms. The van der Waals surface area contributed by atoms with E-state index in [0.717, 1.165) is 32.1 Å². The fourth-order valence-electron chi connectivity index (χ4n) is 3.03. The highest BCUT2D eigenvalue weighted by Crippen LogP contribution is 2.28. The number of rotatable bonds is 2. The fraction of sp³-hybridized carbons (Fsp3) is 0.846. The molecule has 0 radical (unpaired) electrons. The number of carbonyl (C=O) groups is 2. The summed E-state index contributed by atoms with van der Waals surface area (Å²) in [6, 6.07) is -0.272. The van der Waals surface area contributed by atoms with Crippen molar-refractivity contribution in [3.8, 4) is 0 Å². The third kappa shape index (κ3) is 3.18. The second-order valence-corrected chi connectivity index (χ2v) is 5.73. The van der Waals surface area contributed by atoms with Gasteiger partial charge in [-0.3, -0.25) is 0 Å². The molecule has 1 saturated carbocycles. The molecule has 2 aliphatic rings. The van der Waals surface area contributed by atoms with Crippen LogP contribution in [0.25, 0.3) is 0 Å². The molecular weight excluding hydrogens is 246 g/mol. The number of urea groups is 1. The van der Waals surface area contributed by atoms with Gasteiger partial charge in [0.05, 0.1) is 0 Å². The van der Waals surface area contributed by atoms with Gasteiger partial charge in [0.2, 0.25) is 0 Å². The van der Waals surface area contributed by atoms with Crippen molar-refractivity contribution in [3.05, 3.63) is 0 Å². The summed E-state index contributed by atoms with van der Waals surface area (Å²) in [5.41, 5.74) is 4.78. The first-order valence-corrected chi connectivity index (χ1v) is 7.09.